The van der Waals surface area contributed by atoms with E-state index in [0.29, 0.717) is 5.92 Å². The van der Waals surface area contributed by atoms with E-state index in [4.69, 9.17) is 0 Å². The Bertz CT molecular complexity index is 197. The van der Waals surface area contributed by atoms with Gasteiger partial charge in [0.1, 0.15) is 0 Å². The van der Waals surface area contributed by atoms with Gasteiger partial charge < -0.3 is 7.43 Å². The van der Waals surface area contributed by atoms with Crippen LogP contribution in [0, 0.1) is 20.3 Å². The Hall–Kier alpha value is 0.0643. The summed E-state index contributed by atoms with van der Waals surface area (Å²) in [5.41, 5.74) is 5.62. The average molecular weight is 198 g/mol. The van der Waals surface area contributed by atoms with Crippen LogP contribution in [-0.4, -0.2) is 0 Å². The van der Waals surface area contributed by atoms with Crippen molar-refractivity contribution in [1.29, 1.82) is 0 Å². The van der Waals surface area contributed by atoms with Gasteiger partial charge in [0.2, 0.25) is 0 Å². The van der Waals surface area contributed by atoms with Crippen molar-refractivity contribution in [2.24, 2.45) is 5.92 Å². The minimum absolute atomic E-state index is 0. The van der Waals surface area contributed by atoms with Crippen molar-refractivity contribution in [2.75, 3.05) is 0 Å². The van der Waals surface area contributed by atoms with Crippen LogP contribution in [0.4, 0.5) is 0 Å². The van der Waals surface area contributed by atoms with Gasteiger partial charge in [0, 0.05) is 0 Å². The summed E-state index contributed by atoms with van der Waals surface area (Å²) in [6, 6.07) is 0. The minimum atomic E-state index is 0. The van der Waals surface area contributed by atoms with E-state index in [1.165, 1.54) is 22.3 Å². The van der Waals surface area contributed by atoms with Gasteiger partial charge in [-0.2, -0.15) is 5.57 Å². The molecule has 0 radical (unpaired) electrons. The fourth-order valence-electron chi connectivity index (χ4n) is 1.45. The fourth-order valence-corrected chi connectivity index (χ4v) is 1.45. The van der Waals surface area contributed by atoms with E-state index in [9.17, 15) is 0 Å². The summed E-state index contributed by atoms with van der Waals surface area (Å²) < 4.78 is 0. The van der Waals surface area contributed by atoms with Gasteiger partial charge in [0.25, 0.3) is 0 Å². The van der Waals surface area contributed by atoms with Gasteiger partial charge in [0.05, 0.1) is 0 Å². The number of rotatable bonds is 0. The van der Waals surface area contributed by atoms with Crippen molar-refractivity contribution in [1.82, 2.24) is 0 Å². The molecule has 0 aliphatic heterocycles. The maximum Gasteiger partial charge on any atom is 2.00 e. The van der Waals surface area contributed by atoms with Crippen LogP contribution in [0.1, 0.15) is 27.7 Å². The van der Waals surface area contributed by atoms with E-state index >= 15 is 0 Å². The Morgan fingerprint density at radius 3 is 1.58 bits per heavy atom. The predicted molar refractivity (Wildman–Crippen MR) is 52.0 cm³/mol. The van der Waals surface area contributed by atoms with Crippen LogP contribution in [-0.2, 0) is 21.7 Å². The first-order valence-electron chi connectivity index (χ1n) is 3.76. The molecule has 1 unspecified atom stereocenters. The largest absolute Gasteiger partial charge is 2.00 e. The van der Waals surface area contributed by atoms with E-state index in [-0.39, 0.29) is 29.1 Å². The summed E-state index contributed by atoms with van der Waals surface area (Å²) in [5.74, 6) is 0.583. The van der Waals surface area contributed by atoms with E-state index < -0.39 is 0 Å². The molecule has 1 heteroatoms. The van der Waals surface area contributed by atoms with Crippen molar-refractivity contribution in [3.05, 3.63) is 36.6 Å². The minimum Gasteiger partial charge on any atom is -0.358 e. The summed E-state index contributed by atoms with van der Waals surface area (Å²) in [4.78, 5) is 0. The maximum atomic E-state index is 4.04. The molecule has 0 N–H and O–H groups in total. The van der Waals surface area contributed by atoms with Crippen molar-refractivity contribution in [2.45, 2.75) is 27.7 Å². The van der Waals surface area contributed by atoms with Crippen molar-refractivity contribution in [3.63, 3.8) is 0 Å². The van der Waals surface area contributed by atoms with Gasteiger partial charge >= 0.3 is 21.7 Å². The summed E-state index contributed by atoms with van der Waals surface area (Å²) in [7, 11) is 0. The molecule has 1 atom stereocenters. The molecule has 0 aromatic rings. The third-order valence-corrected chi connectivity index (χ3v) is 2.81. The molecule has 1 aliphatic rings. The molecule has 0 saturated carbocycles. The Balaban J connectivity index is 0. The Morgan fingerprint density at radius 1 is 1.08 bits per heavy atom. The quantitative estimate of drug-likeness (QED) is 0.412. The Kier molecular flexibility index (Phi) is 6.00. The third kappa shape index (κ3) is 2.05. The molecule has 0 aromatic carbocycles. The van der Waals surface area contributed by atoms with Crippen molar-refractivity contribution >= 4 is 0 Å². The molecular formula is C11H18Ti. The SMILES string of the molecule is [CH2-]C1=C(C)C(C)=C(C)C1C.[CH3-].[Ti+2]. The molecule has 0 spiro atoms. The zero-order chi connectivity index (χ0) is 7.89. The summed E-state index contributed by atoms with van der Waals surface area (Å²) in [5, 5.41) is 0. The van der Waals surface area contributed by atoms with Gasteiger partial charge in [-0.15, -0.1) is 12.5 Å². The first-order valence-corrected chi connectivity index (χ1v) is 3.76. The van der Waals surface area contributed by atoms with Gasteiger partial charge in [-0.05, 0) is 12.8 Å². The van der Waals surface area contributed by atoms with Gasteiger partial charge in [0.15, 0.2) is 0 Å². The Morgan fingerprint density at radius 2 is 1.50 bits per heavy atom. The molecule has 0 nitrogen and oxygen atoms in total. The van der Waals surface area contributed by atoms with E-state index in [1.807, 2.05) is 0 Å². The zero-order valence-corrected chi connectivity index (χ0v) is 10.3. The van der Waals surface area contributed by atoms with Gasteiger partial charge in [-0.25, -0.2) is 12.5 Å². The molecular weight excluding hydrogens is 180 g/mol. The topological polar surface area (TPSA) is 0 Å². The molecule has 0 heterocycles. The first-order chi connectivity index (χ1) is 4.55. The van der Waals surface area contributed by atoms with Crippen LogP contribution in [0.5, 0.6) is 0 Å². The number of hydrogen-bond donors (Lipinski definition) is 0. The molecule has 0 saturated heterocycles. The summed E-state index contributed by atoms with van der Waals surface area (Å²) in [6.07, 6.45) is 0. The van der Waals surface area contributed by atoms with Crippen LogP contribution < -0.4 is 0 Å². The molecule has 66 valence electrons. The molecule has 12 heavy (non-hydrogen) atoms. The van der Waals surface area contributed by atoms with Gasteiger partial charge in [-0.1, -0.05) is 19.4 Å². The van der Waals surface area contributed by atoms with E-state index in [1.54, 1.807) is 0 Å². The smallest absolute Gasteiger partial charge is 0.358 e. The van der Waals surface area contributed by atoms with Crippen LogP contribution in [0.25, 0.3) is 0 Å². The molecule has 0 aromatic heterocycles. The van der Waals surface area contributed by atoms with Crippen LogP contribution in [0.3, 0.4) is 0 Å². The third-order valence-electron chi connectivity index (χ3n) is 2.81. The Labute approximate surface area is 92.0 Å². The fraction of sp³-hybridized carbons (Fsp3) is 0.455. The second kappa shape index (κ2) is 4.94. The van der Waals surface area contributed by atoms with E-state index in [0.717, 1.165) is 0 Å². The van der Waals surface area contributed by atoms with E-state index in [2.05, 4.69) is 34.6 Å². The van der Waals surface area contributed by atoms with Crippen LogP contribution in [0.2, 0.25) is 0 Å². The molecule has 1 aliphatic carbocycles. The second-order valence-corrected chi connectivity index (χ2v) is 3.18. The number of allylic oxidation sites excluding steroid dienone is 4. The van der Waals surface area contributed by atoms with Crippen molar-refractivity contribution < 1.29 is 21.7 Å². The molecule has 0 bridgehead atoms. The monoisotopic (exact) mass is 198 g/mol. The predicted octanol–water partition coefficient (Wildman–Crippen LogP) is 3.57. The second-order valence-electron chi connectivity index (χ2n) is 3.18. The normalized spacial score (nSPS) is 22.2. The molecule has 0 fully saturated rings. The van der Waals surface area contributed by atoms with Crippen LogP contribution >= 0.6 is 0 Å². The van der Waals surface area contributed by atoms with Crippen LogP contribution in [0.15, 0.2) is 22.3 Å². The first kappa shape index (κ1) is 14.6. The zero-order valence-electron chi connectivity index (χ0n) is 8.78. The maximum absolute atomic E-state index is 4.04. The average Bonchev–Trinajstić information content (AvgIpc) is 2.07. The van der Waals surface area contributed by atoms with Gasteiger partial charge in [-0.3, -0.25) is 0 Å². The number of hydrogen-bond acceptors (Lipinski definition) is 0. The molecule has 0 amide bonds. The van der Waals surface area contributed by atoms with Crippen molar-refractivity contribution in [3.8, 4) is 0 Å². The molecule has 1 rings (SSSR count). The standard InChI is InChI=1S/C10H15.CH3.Ti/c1-6-7(2)9(4)10(5)8(6)3;;/h7H,1H2,2-5H3;1H3;/q2*-1;+2. The summed E-state index contributed by atoms with van der Waals surface area (Å²) in [6.45, 7) is 12.8. The summed E-state index contributed by atoms with van der Waals surface area (Å²) >= 11 is 0.